The van der Waals surface area contributed by atoms with Crippen molar-refractivity contribution in [2.75, 3.05) is 31.6 Å². The van der Waals surface area contributed by atoms with Crippen molar-refractivity contribution < 1.29 is 4.79 Å². The van der Waals surface area contributed by atoms with Gasteiger partial charge in [-0.2, -0.15) is 0 Å². The van der Waals surface area contributed by atoms with Crippen molar-refractivity contribution in [2.45, 2.75) is 31.7 Å². The lowest BCUT2D eigenvalue weighted by Crippen LogP contribution is -2.40. The molecular formula is C16H25N3O. The molecule has 4 nitrogen and oxygen atoms in total. The average molecular weight is 275 g/mol. The van der Waals surface area contributed by atoms with E-state index in [2.05, 4.69) is 46.8 Å². The molecule has 1 aliphatic heterocycles. The van der Waals surface area contributed by atoms with E-state index in [-0.39, 0.29) is 11.9 Å². The number of carbonyl (C=O) groups is 1. The van der Waals surface area contributed by atoms with E-state index in [0.717, 1.165) is 45.3 Å². The number of benzene rings is 1. The Kier molecular flexibility index (Phi) is 5.87. The topological polar surface area (TPSA) is 44.4 Å². The molecule has 0 spiro atoms. The van der Waals surface area contributed by atoms with Gasteiger partial charge in [0, 0.05) is 25.8 Å². The molecule has 1 atom stereocenters. The zero-order chi connectivity index (χ0) is 14.2. The van der Waals surface area contributed by atoms with Crippen LogP contribution in [0.25, 0.3) is 0 Å². The van der Waals surface area contributed by atoms with Crippen LogP contribution in [0.15, 0.2) is 30.3 Å². The summed E-state index contributed by atoms with van der Waals surface area (Å²) >= 11 is 0. The van der Waals surface area contributed by atoms with Crippen LogP contribution >= 0.6 is 0 Å². The number of anilines is 1. The van der Waals surface area contributed by atoms with Gasteiger partial charge in [0.1, 0.15) is 0 Å². The minimum Gasteiger partial charge on any atom is -0.375 e. The van der Waals surface area contributed by atoms with Crippen LogP contribution in [0.2, 0.25) is 0 Å². The lowest BCUT2D eigenvalue weighted by molar-refractivity contribution is -0.122. The van der Waals surface area contributed by atoms with Crippen LogP contribution < -0.4 is 15.5 Å². The Morgan fingerprint density at radius 1 is 1.35 bits per heavy atom. The van der Waals surface area contributed by atoms with Gasteiger partial charge in [-0.05, 0) is 44.4 Å². The number of nitrogens with zero attached hydrogens (tertiary/aromatic N) is 1. The van der Waals surface area contributed by atoms with Crippen molar-refractivity contribution in [1.82, 2.24) is 10.6 Å². The molecule has 1 fully saturated rings. The molecule has 0 aliphatic carbocycles. The van der Waals surface area contributed by atoms with Crippen molar-refractivity contribution in [3.63, 3.8) is 0 Å². The summed E-state index contributed by atoms with van der Waals surface area (Å²) in [7, 11) is 2.11. The van der Waals surface area contributed by atoms with Gasteiger partial charge >= 0.3 is 0 Å². The number of carbonyl (C=O) groups excluding carboxylic acids is 1. The van der Waals surface area contributed by atoms with Crippen LogP contribution in [-0.2, 0) is 4.79 Å². The van der Waals surface area contributed by atoms with E-state index in [1.54, 1.807) is 0 Å². The van der Waals surface area contributed by atoms with Gasteiger partial charge in [0.25, 0.3) is 0 Å². The molecule has 0 aromatic heterocycles. The number of rotatable bonds is 7. The van der Waals surface area contributed by atoms with E-state index in [9.17, 15) is 4.79 Å². The number of unbranched alkanes of at least 4 members (excludes halogenated alkanes) is 1. The van der Waals surface area contributed by atoms with Crippen molar-refractivity contribution in [1.29, 1.82) is 0 Å². The first-order valence-electron chi connectivity index (χ1n) is 7.54. The van der Waals surface area contributed by atoms with E-state index < -0.39 is 0 Å². The van der Waals surface area contributed by atoms with E-state index in [1.807, 2.05) is 6.07 Å². The molecule has 1 heterocycles. The third-order valence-electron chi connectivity index (χ3n) is 3.79. The fraction of sp³-hybridized carbons (Fsp3) is 0.562. The third kappa shape index (κ3) is 4.53. The highest BCUT2D eigenvalue weighted by Crippen LogP contribution is 2.11. The van der Waals surface area contributed by atoms with Crippen LogP contribution in [0.4, 0.5) is 5.69 Å². The second kappa shape index (κ2) is 7.90. The standard InChI is InChI=1S/C16H25N3O/c1-19(14-8-3-2-4-9-14)13-6-5-11-18-16(20)15-10-7-12-17-15/h2-4,8-9,15,17H,5-7,10-13H2,1H3,(H,18,20)/t15-/m0/s1. The van der Waals surface area contributed by atoms with Gasteiger partial charge < -0.3 is 15.5 Å². The van der Waals surface area contributed by atoms with Crippen molar-refractivity contribution >= 4 is 11.6 Å². The first kappa shape index (κ1) is 14.9. The van der Waals surface area contributed by atoms with Gasteiger partial charge in [-0.25, -0.2) is 0 Å². The normalized spacial score (nSPS) is 17.9. The van der Waals surface area contributed by atoms with Gasteiger partial charge in [0.2, 0.25) is 5.91 Å². The summed E-state index contributed by atoms with van der Waals surface area (Å²) in [6.45, 7) is 2.77. The minimum atomic E-state index is 0.0435. The lowest BCUT2D eigenvalue weighted by Gasteiger charge is -2.19. The largest absolute Gasteiger partial charge is 0.375 e. The Morgan fingerprint density at radius 2 is 2.15 bits per heavy atom. The molecule has 110 valence electrons. The summed E-state index contributed by atoms with van der Waals surface area (Å²) in [5, 5.41) is 6.23. The summed E-state index contributed by atoms with van der Waals surface area (Å²) in [6, 6.07) is 10.4. The molecule has 1 aliphatic rings. The van der Waals surface area contributed by atoms with Crippen LogP contribution in [-0.4, -0.2) is 38.6 Å². The Bertz CT molecular complexity index is 401. The number of amides is 1. The summed E-state index contributed by atoms with van der Waals surface area (Å²) in [5.41, 5.74) is 1.24. The maximum atomic E-state index is 11.8. The van der Waals surface area contributed by atoms with E-state index >= 15 is 0 Å². The van der Waals surface area contributed by atoms with Gasteiger partial charge in [-0.3, -0.25) is 4.79 Å². The molecular weight excluding hydrogens is 250 g/mol. The molecule has 0 saturated carbocycles. The molecule has 20 heavy (non-hydrogen) atoms. The zero-order valence-corrected chi connectivity index (χ0v) is 12.3. The Morgan fingerprint density at radius 3 is 2.85 bits per heavy atom. The zero-order valence-electron chi connectivity index (χ0n) is 12.3. The van der Waals surface area contributed by atoms with Crippen molar-refractivity contribution in [3.05, 3.63) is 30.3 Å². The first-order chi connectivity index (χ1) is 9.77. The Labute approximate surface area is 121 Å². The maximum Gasteiger partial charge on any atom is 0.237 e. The second-order valence-corrected chi connectivity index (χ2v) is 5.40. The first-order valence-corrected chi connectivity index (χ1v) is 7.54. The smallest absolute Gasteiger partial charge is 0.237 e. The lowest BCUT2D eigenvalue weighted by atomic mass is 10.2. The third-order valence-corrected chi connectivity index (χ3v) is 3.79. The summed E-state index contributed by atoms with van der Waals surface area (Å²) < 4.78 is 0. The van der Waals surface area contributed by atoms with E-state index in [0.29, 0.717) is 0 Å². The van der Waals surface area contributed by atoms with Crippen LogP contribution in [0.3, 0.4) is 0 Å². The molecule has 1 amide bonds. The molecule has 0 bridgehead atoms. The highest BCUT2D eigenvalue weighted by molar-refractivity contribution is 5.81. The molecule has 1 saturated heterocycles. The van der Waals surface area contributed by atoms with Crippen LogP contribution in [0.5, 0.6) is 0 Å². The molecule has 1 aromatic rings. The number of hydrogen-bond acceptors (Lipinski definition) is 3. The van der Waals surface area contributed by atoms with E-state index in [4.69, 9.17) is 0 Å². The van der Waals surface area contributed by atoms with Crippen molar-refractivity contribution in [3.8, 4) is 0 Å². The summed E-state index contributed by atoms with van der Waals surface area (Å²) in [5.74, 6) is 0.166. The maximum absolute atomic E-state index is 11.8. The number of nitrogens with one attached hydrogen (secondary N) is 2. The Hall–Kier alpha value is -1.55. The summed E-state index contributed by atoms with van der Waals surface area (Å²) in [4.78, 5) is 14.0. The molecule has 2 N–H and O–H groups in total. The molecule has 1 aromatic carbocycles. The molecule has 0 radical (unpaired) electrons. The van der Waals surface area contributed by atoms with Gasteiger partial charge in [0.15, 0.2) is 0 Å². The fourth-order valence-corrected chi connectivity index (χ4v) is 2.53. The van der Waals surface area contributed by atoms with Crippen LogP contribution in [0, 0.1) is 0 Å². The summed E-state index contributed by atoms with van der Waals surface area (Å²) in [6.07, 6.45) is 4.20. The highest BCUT2D eigenvalue weighted by atomic mass is 16.2. The number of hydrogen-bond donors (Lipinski definition) is 2. The predicted molar refractivity (Wildman–Crippen MR) is 83.0 cm³/mol. The second-order valence-electron chi connectivity index (χ2n) is 5.40. The molecule has 2 rings (SSSR count). The van der Waals surface area contributed by atoms with Gasteiger partial charge in [0.05, 0.1) is 6.04 Å². The predicted octanol–water partition coefficient (Wildman–Crippen LogP) is 1.77. The SMILES string of the molecule is CN(CCCCNC(=O)[C@@H]1CCCN1)c1ccccc1. The monoisotopic (exact) mass is 275 g/mol. The van der Waals surface area contributed by atoms with Gasteiger partial charge in [-0.15, -0.1) is 0 Å². The van der Waals surface area contributed by atoms with Crippen molar-refractivity contribution in [2.24, 2.45) is 0 Å². The number of para-hydroxylation sites is 1. The minimum absolute atomic E-state index is 0.0435. The molecule has 4 heteroatoms. The fourth-order valence-electron chi connectivity index (χ4n) is 2.53. The van der Waals surface area contributed by atoms with Crippen LogP contribution in [0.1, 0.15) is 25.7 Å². The Balaban J connectivity index is 1.56. The van der Waals surface area contributed by atoms with Gasteiger partial charge in [-0.1, -0.05) is 18.2 Å². The highest BCUT2D eigenvalue weighted by Gasteiger charge is 2.20. The van der Waals surface area contributed by atoms with E-state index in [1.165, 1.54) is 5.69 Å². The average Bonchev–Trinajstić information content (AvgIpc) is 3.01. The quantitative estimate of drug-likeness (QED) is 0.746. The molecule has 0 unspecified atom stereocenters.